The summed E-state index contributed by atoms with van der Waals surface area (Å²) in [6.45, 7) is 0.508. The zero-order valence-electron chi connectivity index (χ0n) is 11.7. The van der Waals surface area contributed by atoms with E-state index >= 15 is 0 Å². The van der Waals surface area contributed by atoms with Gasteiger partial charge in [-0.1, -0.05) is 25.0 Å². The second-order valence-corrected chi connectivity index (χ2v) is 5.46. The van der Waals surface area contributed by atoms with Gasteiger partial charge in [-0.3, -0.25) is 4.79 Å². The molecule has 1 aliphatic rings. The zero-order valence-corrected chi connectivity index (χ0v) is 11.7. The molecule has 0 radical (unpaired) electrons. The molecule has 0 unspecified atom stereocenters. The van der Waals surface area contributed by atoms with Gasteiger partial charge in [-0.25, -0.2) is 0 Å². The fourth-order valence-corrected chi connectivity index (χ4v) is 2.96. The number of carbonyl (C=O) groups is 1. The molecule has 0 heterocycles. The molecule has 104 valence electrons. The number of methoxy groups -OCH3 is 1. The Hall–Kier alpha value is -1.35. The molecule has 0 atom stereocenters. The van der Waals surface area contributed by atoms with E-state index < -0.39 is 0 Å². The number of aryl methyl sites for hydroxylation is 1. The predicted octanol–water partition coefficient (Wildman–Crippen LogP) is 2.72. The SMILES string of the molecule is COc1ccc(CCC(=O)C2(CN)CCCC2)cc1. The predicted molar refractivity (Wildman–Crippen MR) is 76.3 cm³/mol. The van der Waals surface area contributed by atoms with Gasteiger partial charge in [0.15, 0.2) is 0 Å². The van der Waals surface area contributed by atoms with Gasteiger partial charge in [-0.15, -0.1) is 0 Å². The van der Waals surface area contributed by atoms with E-state index in [0.717, 1.165) is 37.9 Å². The normalized spacial score (nSPS) is 17.4. The van der Waals surface area contributed by atoms with E-state index in [1.165, 1.54) is 5.56 Å². The summed E-state index contributed by atoms with van der Waals surface area (Å²) in [5.41, 5.74) is 6.80. The van der Waals surface area contributed by atoms with Crippen LogP contribution in [0.4, 0.5) is 0 Å². The van der Waals surface area contributed by atoms with Crippen molar-refractivity contribution in [3.63, 3.8) is 0 Å². The van der Waals surface area contributed by atoms with E-state index in [2.05, 4.69) is 0 Å². The lowest BCUT2D eigenvalue weighted by Crippen LogP contribution is -2.36. The lowest BCUT2D eigenvalue weighted by atomic mass is 9.79. The number of benzene rings is 1. The number of rotatable bonds is 6. The van der Waals surface area contributed by atoms with Crippen molar-refractivity contribution in [2.24, 2.45) is 11.1 Å². The number of hydrogen-bond acceptors (Lipinski definition) is 3. The Labute approximate surface area is 115 Å². The standard InChI is InChI=1S/C16H23NO2/c1-19-14-7-4-13(5-8-14)6-9-15(18)16(12-17)10-2-3-11-16/h4-5,7-8H,2-3,6,9-12,17H2,1H3. The molecule has 2 N–H and O–H groups in total. The van der Waals surface area contributed by atoms with Crippen LogP contribution in [-0.2, 0) is 11.2 Å². The number of hydrogen-bond donors (Lipinski definition) is 1. The summed E-state index contributed by atoms with van der Waals surface area (Å²) in [7, 11) is 1.66. The van der Waals surface area contributed by atoms with Crippen molar-refractivity contribution < 1.29 is 9.53 Å². The lowest BCUT2D eigenvalue weighted by Gasteiger charge is -2.25. The van der Waals surface area contributed by atoms with Crippen molar-refractivity contribution in [3.8, 4) is 5.75 Å². The van der Waals surface area contributed by atoms with E-state index in [9.17, 15) is 4.79 Å². The van der Waals surface area contributed by atoms with Gasteiger partial charge < -0.3 is 10.5 Å². The van der Waals surface area contributed by atoms with Gasteiger partial charge in [-0.05, 0) is 37.0 Å². The van der Waals surface area contributed by atoms with Gasteiger partial charge in [0.2, 0.25) is 0 Å². The molecule has 2 rings (SSSR count). The average Bonchev–Trinajstić information content (AvgIpc) is 2.95. The summed E-state index contributed by atoms with van der Waals surface area (Å²) < 4.78 is 5.13. The first-order valence-electron chi connectivity index (χ1n) is 7.06. The van der Waals surface area contributed by atoms with E-state index in [1.807, 2.05) is 24.3 Å². The zero-order chi connectivity index (χ0) is 13.7. The highest BCUT2D eigenvalue weighted by molar-refractivity contribution is 5.85. The van der Waals surface area contributed by atoms with Gasteiger partial charge in [0.05, 0.1) is 7.11 Å². The third-order valence-electron chi connectivity index (χ3n) is 4.34. The van der Waals surface area contributed by atoms with E-state index in [1.54, 1.807) is 7.11 Å². The van der Waals surface area contributed by atoms with Crippen LogP contribution in [0, 0.1) is 5.41 Å². The number of ketones is 1. The Balaban J connectivity index is 1.92. The summed E-state index contributed by atoms with van der Waals surface area (Å²) in [6.07, 6.45) is 5.64. The maximum atomic E-state index is 12.4. The van der Waals surface area contributed by atoms with Crippen LogP contribution in [0.5, 0.6) is 5.75 Å². The van der Waals surface area contributed by atoms with Crippen molar-refractivity contribution in [1.82, 2.24) is 0 Å². The quantitative estimate of drug-likeness (QED) is 0.856. The van der Waals surface area contributed by atoms with Gasteiger partial charge in [0.25, 0.3) is 0 Å². The molecule has 1 saturated carbocycles. The van der Waals surface area contributed by atoms with Gasteiger partial charge in [-0.2, -0.15) is 0 Å². The van der Waals surface area contributed by atoms with Crippen LogP contribution in [0.15, 0.2) is 24.3 Å². The molecule has 3 nitrogen and oxygen atoms in total. The Morgan fingerprint density at radius 1 is 1.26 bits per heavy atom. The summed E-state index contributed by atoms with van der Waals surface area (Å²) in [6, 6.07) is 7.92. The average molecular weight is 261 g/mol. The van der Waals surface area contributed by atoms with Crippen LogP contribution in [0.1, 0.15) is 37.7 Å². The molecule has 0 aromatic heterocycles. The van der Waals surface area contributed by atoms with Crippen LogP contribution in [0.2, 0.25) is 0 Å². The monoisotopic (exact) mass is 261 g/mol. The summed E-state index contributed by atoms with van der Waals surface area (Å²) >= 11 is 0. The molecule has 0 aliphatic heterocycles. The molecule has 19 heavy (non-hydrogen) atoms. The van der Waals surface area contributed by atoms with Crippen LogP contribution in [0.3, 0.4) is 0 Å². The molecule has 0 bridgehead atoms. The Morgan fingerprint density at radius 3 is 2.42 bits per heavy atom. The summed E-state index contributed by atoms with van der Waals surface area (Å²) in [4.78, 5) is 12.4. The Bertz CT molecular complexity index is 419. The molecule has 0 amide bonds. The summed E-state index contributed by atoms with van der Waals surface area (Å²) in [5.74, 6) is 1.20. The van der Waals surface area contributed by atoms with E-state index in [-0.39, 0.29) is 5.41 Å². The van der Waals surface area contributed by atoms with Gasteiger partial charge >= 0.3 is 0 Å². The lowest BCUT2D eigenvalue weighted by molar-refractivity contribution is -0.128. The largest absolute Gasteiger partial charge is 0.497 e. The first-order chi connectivity index (χ1) is 9.20. The highest BCUT2D eigenvalue weighted by atomic mass is 16.5. The van der Waals surface area contributed by atoms with Gasteiger partial charge in [0, 0.05) is 18.4 Å². The second kappa shape index (κ2) is 6.20. The number of nitrogens with two attached hydrogens (primary N) is 1. The van der Waals surface area contributed by atoms with E-state index in [4.69, 9.17) is 10.5 Å². The molecule has 1 aliphatic carbocycles. The molecular formula is C16H23NO2. The Morgan fingerprint density at radius 2 is 1.89 bits per heavy atom. The van der Waals surface area contributed by atoms with Crippen LogP contribution >= 0.6 is 0 Å². The first kappa shape index (κ1) is 14.1. The number of Topliss-reactive ketones (excluding diaryl/α,β-unsaturated/α-hetero) is 1. The second-order valence-electron chi connectivity index (χ2n) is 5.46. The highest BCUT2D eigenvalue weighted by Gasteiger charge is 2.38. The van der Waals surface area contributed by atoms with Crippen molar-refractivity contribution in [1.29, 1.82) is 0 Å². The molecule has 0 spiro atoms. The maximum Gasteiger partial charge on any atom is 0.140 e. The Kier molecular flexibility index (Phi) is 4.59. The molecular weight excluding hydrogens is 238 g/mol. The molecule has 0 saturated heterocycles. The summed E-state index contributed by atoms with van der Waals surface area (Å²) in [5, 5.41) is 0. The van der Waals surface area contributed by atoms with Crippen molar-refractivity contribution in [2.45, 2.75) is 38.5 Å². The minimum Gasteiger partial charge on any atom is -0.497 e. The van der Waals surface area contributed by atoms with Crippen molar-refractivity contribution in [2.75, 3.05) is 13.7 Å². The minimum absolute atomic E-state index is 0.216. The van der Waals surface area contributed by atoms with Crippen molar-refractivity contribution in [3.05, 3.63) is 29.8 Å². The maximum absolute atomic E-state index is 12.4. The number of carbonyl (C=O) groups excluding carboxylic acids is 1. The van der Waals surface area contributed by atoms with Crippen LogP contribution in [-0.4, -0.2) is 19.4 Å². The minimum atomic E-state index is -0.216. The third kappa shape index (κ3) is 3.16. The smallest absolute Gasteiger partial charge is 0.140 e. The molecule has 1 aromatic carbocycles. The molecule has 1 fully saturated rings. The fourth-order valence-electron chi connectivity index (χ4n) is 2.96. The fraction of sp³-hybridized carbons (Fsp3) is 0.562. The van der Waals surface area contributed by atoms with Gasteiger partial charge in [0.1, 0.15) is 11.5 Å². The van der Waals surface area contributed by atoms with Crippen molar-refractivity contribution >= 4 is 5.78 Å². The topological polar surface area (TPSA) is 52.3 Å². The molecule has 1 aromatic rings. The first-order valence-corrected chi connectivity index (χ1v) is 7.06. The number of ether oxygens (including phenoxy) is 1. The third-order valence-corrected chi connectivity index (χ3v) is 4.34. The van der Waals surface area contributed by atoms with E-state index in [0.29, 0.717) is 18.7 Å². The van der Waals surface area contributed by atoms with Crippen LogP contribution in [0.25, 0.3) is 0 Å². The molecule has 3 heteroatoms. The van der Waals surface area contributed by atoms with Crippen LogP contribution < -0.4 is 10.5 Å². The highest BCUT2D eigenvalue weighted by Crippen LogP contribution is 2.39.